The van der Waals surface area contributed by atoms with E-state index in [-0.39, 0.29) is 11.7 Å². The summed E-state index contributed by atoms with van der Waals surface area (Å²) >= 11 is 0. The molecule has 132 valence electrons. The Morgan fingerprint density at radius 1 is 1.08 bits per heavy atom. The van der Waals surface area contributed by atoms with Crippen LogP contribution in [0.25, 0.3) is 0 Å². The van der Waals surface area contributed by atoms with E-state index in [2.05, 4.69) is 18.7 Å². The Kier molecular flexibility index (Phi) is 5.39. The molecule has 0 aliphatic carbocycles. The van der Waals surface area contributed by atoms with Crippen LogP contribution in [0.2, 0.25) is 0 Å². The van der Waals surface area contributed by atoms with Gasteiger partial charge in [-0.05, 0) is 30.4 Å². The molecule has 2 heterocycles. The highest BCUT2D eigenvalue weighted by Crippen LogP contribution is 2.22. The second-order valence-corrected chi connectivity index (χ2v) is 7.46. The van der Waals surface area contributed by atoms with Crippen molar-refractivity contribution in [2.24, 2.45) is 11.8 Å². The van der Waals surface area contributed by atoms with Crippen LogP contribution in [0.4, 0.5) is 10.1 Å². The molecule has 1 amide bonds. The molecule has 3 rings (SSSR count). The summed E-state index contributed by atoms with van der Waals surface area (Å²) in [5.41, 5.74) is 0.642. The number of likely N-dealkylation sites (tertiary alicyclic amines) is 1. The van der Waals surface area contributed by atoms with Crippen molar-refractivity contribution in [2.75, 3.05) is 50.7 Å². The van der Waals surface area contributed by atoms with Crippen LogP contribution in [0.3, 0.4) is 0 Å². The minimum atomic E-state index is -0.187. The summed E-state index contributed by atoms with van der Waals surface area (Å²) in [7, 11) is 0. The molecule has 2 saturated heterocycles. The van der Waals surface area contributed by atoms with Gasteiger partial charge in [-0.1, -0.05) is 26.0 Å². The number of anilines is 1. The van der Waals surface area contributed by atoms with Gasteiger partial charge in [0, 0.05) is 39.3 Å². The number of carbonyl (C=O) groups is 1. The molecule has 24 heavy (non-hydrogen) atoms. The minimum absolute atomic E-state index is 0.187. The van der Waals surface area contributed by atoms with Gasteiger partial charge in [-0.15, -0.1) is 0 Å². The lowest BCUT2D eigenvalue weighted by Gasteiger charge is -2.39. The molecular formula is C19H28FN3O. The highest BCUT2D eigenvalue weighted by molar-refractivity contribution is 5.78. The largest absolute Gasteiger partial charge is 0.366 e. The summed E-state index contributed by atoms with van der Waals surface area (Å²) in [4.78, 5) is 18.8. The van der Waals surface area contributed by atoms with Crippen molar-refractivity contribution in [3.63, 3.8) is 0 Å². The number of piperidine rings is 1. The molecule has 0 spiro atoms. The normalized spacial score (nSPS) is 25.8. The van der Waals surface area contributed by atoms with Gasteiger partial charge < -0.3 is 9.80 Å². The van der Waals surface area contributed by atoms with E-state index >= 15 is 0 Å². The van der Waals surface area contributed by atoms with Crippen molar-refractivity contribution < 1.29 is 9.18 Å². The standard InChI is InChI=1S/C19H28FN3O/c1-15-11-16(2)13-21(12-15)14-19(24)23-9-7-22(8-10-23)18-6-4-3-5-17(18)20/h3-6,15-16H,7-14H2,1-2H3. The number of carbonyl (C=O) groups excluding carboxylic acids is 1. The number of rotatable bonds is 3. The van der Waals surface area contributed by atoms with Crippen molar-refractivity contribution in [1.29, 1.82) is 0 Å². The number of nitrogens with zero attached hydrogens (tertiary/aromatic N) is 3. The van der Waals surface area contributed by atoms with Gasteiger partial charge in [-0.25, -0.2) is 4.39 Å². The first-order valence-electron chi connectivity index (χ1n) is 9.02. The Bertz CT molecular complexity index is 561. The average Bonchev–Trinajstić information content (AvgIpc) is 2.54. The number of hydrogen-bond donors (Lipinski definition) is 0. The SMILES string of the molecule is CC1CC(C)CN(CC(=O)N2CCN(c3ccccc3F)CC2)C1. The van der Waals surface area contributed by atoms with Crippen LogP contribution in [0, 0.1) is 17.7 Å². The molecule has 0 bridgehead atoms. The van der Waals surface area contributed by atoms with E-state index in [4.69, 9.17) is 0 Å². The lowest BCUT2D eigenvalue weighted by molar-refractivity contribution is -0.133. The third-order valence-electron chi connectivity index (χ3n) is 5.13. The second-order valence-electron chi connectivity index (χ2n) is 7.46. The fourth-order valence-corrected chi connectivity index (χ4v) is 4.12. The molecule has 0 aromatic heterocycles. The Labute approximate surface area is 144 Å². The highest BCUT2D eigenvalue weighted by Gasteiger charge is 2.27. The van der Waals surface area contributed by atoms with Crippen molar-refractivity contribution in [1.82, 2.24) is 9.80 Å². The Hall–Kier alpha value is -1.62. The lowest BCUT2D eigenvalue weighted by Crippen LogP contribution is -2.52. The molecule has 0 N–H and O–H groups in total. The van der Waals surface area contributed by atoms with Crippen molar-refractivity contribution >= 4 is 11.6 Å². The zero-order valence-electron chi connectivity index (χ0n) is 14.7. The topological polar surface area (TPSA) is 26.8 Å². The Morgan fingerprint density at radius 3 is 2.33 bits per heavy atom. The third-order valence-corrected chi connectivity index (χ3v) is 5.13. The van der Waals surface area contributed by atoms with Gasteiger partial charge in [0.1, 0.15) is 5.82 Å². The van der Waals surface area contributed by atoms with E-state index in [0.717, 1.165) is 13.1 Å². The number of amides is 1. The van der Waals surface area contributed by atoms with E-state index in [1.807, 2.05) is 21.9 Å². The summed E-state index contributed by atoms with van der Waals surface area (Å²) in [6.45, 7) is 9.82. The molecule has 2 aliphatic heterocycles. The second kappa shape index (κ2) is 7.51. The maximum absolute atomic E-state index is 13.9. The maximum Gasteiger partial charge on any atom is 0.236 e. The molecule has 0 saturated carbocycles. The monoisotopic (exact) mass is 333 g/mol. The fraction of sp³-hybridized carbons (Fsp3) is 0.632. The fourth-order valence-electron chi connectivity index (χ4n) is 4.12. The number of para-hydroxylation sites is 1. The van der Waals surface area contributed by atoms with Gasteiger partial charge in [0.15, 0.2) is 0 Å². The van der Waals surface area contributed by atoms with Crippen LogP contribution in [0.1, 0.15) is 20.3 Å². The number of halogens is 1. The molecule has 1 aromatic carbocycles. The van der Waals surface area contributed by atoms with Gasteiger partial charge in [-0.2, -0.15) is 0 Å². The first kappa shape index (κ1) is 17.2. The molecule has 5 heteroatoms. The van der Waals surface area contributed by atoms with E-state index < -0.39 is 0 Å². The number of hydrogen-bond acceptors (Lipinski definition) is 3. The van der Waals surface area contributed by atoms with Gasteiger partial charge >= 0.3 is 0 Å². The number of piperazine rings is 1. The molecule has 2 unspecified atom stereocenters. The summed E-state index contributed by atoms with van der Waals surface area (Å²) < 4.78 is 13.9. The summed E-state index contributed by atoms with van der Waals surface area (Å²) in [6.07, 6.45) is 1.26. The molecule has 2 atom stereocenters. The van der Waals surface area contributed by atoms with E-state index in [9.17, 15) is 9.18 Å². The van der Waals surface area contributed by atoms with Crippen LogP contribution in [-0.2, 0) is 4.79 Å². The summed E-state index contributed by atoms with van der Waals surface area (Å²) in [6, 6.07) is 6.86. The summed E-state index contributed by atoms with van der Waals surface area (Å²) in [5, 5.41) is 0. The van der Waals surface area contributed by atoms with Gasteiger partial charge in [0.2, 0.25) is 5.91 Å². The van der Waals surface area contributed by atoms with Gasteiger partial charge in [0.05, 0.1) is 12.2 Å². The molecule has 2 aliphatic rings. The first-order valence-corrected chi connectivity index (χ1v) is 9.02. The third kappa shape index (κ3) is 4.07. The zero-order chi connectivity index (χ0) is 17.1. The van der Waals surface area contributed by atoms with Crippen molar-refractivity contribution in [2.45, 2.75) is 20.3 Å². The quantitative estimate of drug-likeness (QED) is 0.850. The van der Waals surface area contributed by atoms with E-state index in [1.54, 1.807) is 6.07 Å². The van der Waals surface area contributed by atoms with Crippen LogP contribution >= 0.6 is 0 Å². The van der Waals surface area contributed by atoms with Gasteiger partial charge in [-0.3, -0.25) is 9.69 Å². The smallest absolute Gasteiger partial charge is 0.236 e. The van der Waals surface area contributed by atoms with Crippen LogP contribution < -0.4 is 4.90 Å². The van der Waals surface area contributed by atoms with Crippen LogP contribution in [0.15, 0.2) is 24.3 Å². The first-order chi connectivity index (χ1) is 11.5. The molecule has 4 nitrogen and oxygen atoms in total. The lowest BCUT2D eigenvalue weighted by atomic mass is 9.92. The average molecular weight is 333 g/mol. The predicted molar refractivity (Wildman–Crippen MR) is 94.6 cm³/mol. The van der Waals surface area contributed by atoms with Gasteiger partial charge in [0.25, 0.3) is 0 Å². The molecular weight excluding hydrogens is 305 g/mol. The van der Waals surface area contributed by atoms with Crippen molar-refractivity contribution in [3.05, 3.63) is 30.1 Å². The number of benzene rings is 1. The maximum atomic E-state index is 13.9. The van der Waals surface area contributed by atoms with Crippen LogP contribution in [-0.4, -0.2) is 61.5 Å². The predicted octanol–water partition coefficient (Wildman–Crippen LogP) is 2.45. The van der Waals surface area contributed by atoms with Crippen molar-refractivity contribution in [3.8, 4) is 0 Å². The minimum Gasteiger partial charge on any atom is -0.366 e. The molecule has 2 fully saturated rings. The van der Waals surface area contributed by atoms with Crippen LogP contribution in [0.5, 0.6) is 0 Å². The Morgan fingerprint density at radius 2 is 1.71 bits per heavy atom. The zero-order valence-corrected chi connectivity index (χ0v) is 14.7. The molecule has 0 radical (unpaired) electrons. The summed E-state index contributed by atoms with van der Waals surface area (Å²) in [5.74, 6) is 1.36. The molecule has 1 aromatic rings. The van der Waals surface area contributed by atoms with E-state index in [0.29, 0.717) is 50.2 Å². The highest BCUT2D eigenvalue weighted by atomic mass is 19.1. The van der Waals surface area contributed by atoms with E-state index in [1.165, 1.54) is 12.5 Å². The Balaban J connectivity index is 1.51.